The van der Waals surface area contributed by atoms with Crippen LogP contribution in [0.25, 0.3) is 0 Å². The molecule has 0 atom stereocenters. The van der Waals surface area contributed by atoms with E-state index in [0.29, 0.717) is 12.2 Å². The van der Waals surface area contributed by atoms with Crippen LogP contribution < -0.4 is 0 Å². The second kappa shape index (κ2) is 14.1. The maximum Gasteiger partial charge on any atom is 0.150 e. The molecule has 0 amide bonds. The highest BCUT2D eigenvalue weighted by molar-refractivity contribution is 7.91. The Morgan fingerprint density at radius 1 is 0.667 bits per heavy atom. The summed E-state index contributed by atoms with van der Waals surface area (Å²) in [6.07, 6.45) is 20.3. The lowest BCUT2D eigenvalue weighted by Crippen LogP contribution is -2.12. The molecule has 0 bridgehead atoms. The Balaban J connectivity index is 1.74. The highest BCUT2D eigenvalue weighted by Gasteiger charge is 2.15. The zero-order valence-electron chi connectivity index (χ0n) is 15.7. The average molecular weight is 361 g/mol. The van der Waals surface area contributed by atoms with Crippen molar-refractivity contribution in [1.29, 1.82) is 0 Å². The van der Waals surface area contributed by atoms with Crippen molar-refractivity contribution in [2.24, 2.45) is 5.92 Å². The first-order valence-electron chi connectivity index (χ1n) is 10.5. The van der Waals surface area contributed by atoms with Gasteiger partial charge in [0.2, 0.25) is 0 Å². The molecule has 1 N–H and O–H groups in total. The molecule has 0 spiro atoms. The van der Waals surface area contributed by atoms with Crippen LogP contribution >= 0.6 is 0 Å². The van der Waals surface area contributed by atoms with E-state index in [0.717, 1.165) is 25.2 Å². The Hall–Kier alpha value is -0.0900. The van der Waals surface area contributed by atoms with Crippen LogP contribution in [0, 0.1) is 5.92 Å². The third kappa shape index (κ3) is 12.3. The van der Waals surface area contributed by atoms with Crippen molar-refractivity contribution in [1.82, 2.24) is 0 Å². The van der Waals surface area contributed by atoms with E-state index in [1.165, 1.54) is 77.0 Å². The first kappa shape index (κ1) is 22.0. The molecule has 0 aliphatic heterocycles. The van der Waals surface area contributed by atoms with Crippen molar-refractivity contribution in [2.45, 2.75) is 103 Å². The van der Waals surface area contributed by atoms with Gasteiger partial charge >= 0.3 is 0 Å². The molecule has 0 aromatic rings. The lowest BCUT2D eigenvalue weighted by atomic mass is 9.81. The smallest absolute Gasteiger partial charge is 0.150 e. The van der Waals surface area contributed by atoms with E-state index in [-0.39, 0.29) is 12.4 Å². The van der Waals surface area contributed by atoms with Crippen LogP contribution in [-0.4, -0.2) is 31.6 Å². The minimum absolute atomic E-state index is 0.0280. The summed E-state index contributed by atoms with van der Waals surface area (Å²) in [4.78, 5) is 0. The predicted octanol–water partition coefficient (Wildman–Crippen LogP) is 5.26. The Kier molecular flexibility index (Phi) is 12.9. The summed E-state index contributed by atoms with van der Waals surface area (Å²) in [5.74, 6) is 1.52. The molecule has 3 nitrogen and oxygen atoms in total. The molecule has 1 aliphatic carbocycles. The molecule has 24 heavy (non-hydrogen) atoms. The van der Waals surface area contributed by atoms with Crippen LogP contribution in [-0.2, 0) is 9.84 Å². The van der Waals surface area contributed by atoms with Crippen molar-refractivity contribution >= 4 is 9.84 Å². The van der Waals surface area contributed by atoms with Crippen molar-refractivity contribution in [3.8, 4) is 0 Å². The molecule has 1 aliphatic rings. The van der Waals surface area contributed by atoms with Crippen molar-refractivity contribution in [3.05, 3.63) is 0 Å². The van der Waals surface area contributed by atoms with Gasteiger partial charge in [0.25, 0.3) is 0 Å². The summed E-state index contributed by atoms with van der Waals surface area (Å²) in [5, 5.41) is 8.67. The lowest BCUT2D eigenvalue weighted by molar-refractivity contribution is 0.286. The molecular formula is C20H40O3S. The molecule has 144 valence electrons. The van der Waals surface area contributed by atoms with Gasteiger partial charge in [-0.3, -0.25) is 0 Å². The van der Waals surface area contributed by atoms with Crippen LogP contribution in [0.2, 0.25) is 0 Å². The monoisotopic (exact) mass is 360 g/mol. The second-order valence-electron chi connectivity index (χ2n) is 7.70. The standard InChI is InChI=1S/C20H40O3S/c21-17-13-19-24(22,23)18-11-9-7-5-3-1-2-4-6-8-10-14-20-15-12-16-20/h20-21H,1-19H2. The number of hydrogen-bond donors (Lipinski definition) is 1. The van der Waals surface area contributed by atoms with Crippen molar-refractivity contribution < 1.29 is 13.5 Å². The molecule has 0 aromatic carbocycles. The average Bonchev–Trinajstić information content (AvgIpc) is 2.51. The highest BCUT2D eigenvalue weighted by Crippen LogP contribution is 2.31. The maximum atomic E-state index is 11.6. The summed E-state index contributed by atoms with van der Waals surface area (Å²) < 4.78 is 23.2. The number of unbranched alkanes of at least 4 members (excludes halogenated alkanes) is 10. The van der Waals surface area contributed by atoms with Gasteiger partial charge in [-0.1, -0.05) is 89.9 Å². The molecule has 1 fully saturated rings. The Labute approximate surface area is 150 Å². The summed E-state index contributed by atoms with van der Waals surface area (Å²) >= 11 is 0. The van der Waals surface area contributed by atoms with Crippen molar-refractivity contribution in [2.75, 3.05) is 18.1 Å². The van der Waals surface area contributed by atoms with Gasteiger partial charge in [-0.25, -0.2) is 8.42 Å². The fourth-order valence-electron chi connectivity index (χ4n) is 3.51. The Bertz CT molecular complexity index is 374. The Morgan fingerprint density at radius 3 is 1.58 bits per heavy atom. The van der Waals surface area contributed by atoms with Crippen LogP contribution in [0.4, 0.5) is 0 Å². The first-order chi connectivity index (χ1) is 11.6. The van der Waals surface area contributed by atoms with Gasteiger partial charge in [-0.15, -0.1) is 0 Å². The third-order valence-corrected chi connectivity index (χ3v) is 7.23. The molecule has 0 radical (unpaired) electrons. The van der Waals surface area contributed by atoms with Crippen LogP contribution in [0.3, 0.4) is 0 Å². The van der Waals surface area contributed by atoms with Gasteiger partial charge in [0.05, 0.1) is 11.5 Å². The normalized spacial score (nSPS) is 15.5. The summed E-state index contributed by atoms with van der Waals surface area (Å²) in [6, 6.07) is 0. The third-order valence-electron chi connectivity index (χ3n) is 5.41. The number of sulfone groups is 1. The Morgan fingerprint density at radius 2 is 1.12 bits per heavy atom. The van der Waals surface area contributed by atoms with Crippen LogP contribution in [0.15, 0.2) is 0 Å². The zero-order valence-corrected chi connectivity index (χ0v) is 16.5. The van der Waals surface area contributed by atoms with E-state index in [9.17, 15) is 8.42 Å². The number of aliphatic hydroxyl groups excluding tert-OH is 1. The fraction of sp³-hybridized carbons (Fsp3) is 1.00. The molecule has 1 saturated carbocycles. The fourth-order valence-corrected chi connectivity index (χ4v) is 4.93. The summed E-state index contributed by atoms with van der Waals surface area (Å²) in [5.41, 5.74) is 0. The molecule has 0 aromatic heterocycles. The molecular weight excluding hydrogens is 320 g/mol. The predicted molar refractivity (Wildman–Crippen MR) is 103 cm³/mol. The summed E-state index contributed by atoms with van der Waals surface area (Å²) in [7, 11) is -2.92. The minimum atomic E-state index is -2.92. The molecule has 0 saturated heterocycles. The van der Waals surface area contributed by atoms with E-state index >= 15 is 0 Å². The van der Waals surface area contributed by atoms with E-state index in [1.807, 2.05) is 0 Å². The molecule has 0 heterocycles. The number of hydrogen-bond acceptors (Lipinski definition) is 3. The molecule has 1 rings (SSSR count). The lowest BCUT2D eigenvalue weighted by Gasteiger charge is -2.24. The van der Waals surface area contributed by atoms with Gasteiger partial charge in [-0.05, 0) is 18.8 Å². The molecule has 0 unspecified atom stereocenters. The van der Waals surface area contributed by atoms with Crippen LogP contribution in [0.1, 0.15) is 103 Å². The van der Waals surface area contributed by atoms with E-state index in [2.05, 4.69) is 0 Å². The summed E-state index contributed by atoms with van der Waals surface area (Å²) in [6.45, 7) is -0.0280. The van der Waals surface area contributed by atoms with E-state index in [1.54, 1.807) is 0 Å². The zero-order chi connectivity index (χ0) is 17.5. The highest BCUT2D eigenvalue weighted by atomic mass is 32.2. The second-order valence-corrected chi connectivity index (χ2v) is 10.0. The van der Waals surface area contributed by atoms with E-state index < -0.39 is 9.84 Å². The SMILES string of the molecule is O=S(=O)(CCCO)CCCCCCCCCCCCCC1CCC1. The van der Waals surface area contributed by atoms with E-state index in [4.69, 9.17) is 5.11 Å². The van der Waals surface area contributed by atoms with Crippen molar-refractivity contribution in [3.63, 3.8) is 0 Å². The van der Waals surface area contributed by atoms with Gasteiger partial charge in [0.15, 0.2) is 0 Å². The van der Waals surface area contributed by atoms with Gasteiger partial charge < -0.3 is 5.11 Å². The van der Waals surface area contributed by atoms with Gasteiger partial charge in [0, 0.05) is 6.61 Å². The largest absolute Gasteiger partial charge is 0.396 e. The number of aliphatic hydroxyl groups is 1. The maximum absolute atomic E-state index is 11.6. The molecule has 4 heteroatoms. The minimum Gasteiger partial charge on any atom is -0.396 e. The van der Waals surface area contributed by atoms with Gasteiger partial charge in [-0.2, -0.15) is 0 Å². The van der Waals surface area contributed by atoms with Crippen LogP contribution in [0.5, 0.6) is 0 Å². The van der Waals surface area contributed by atoms with Gasteiger partial charge in [0.1, 0.15) is 9.84 Å². The quantitative estimate of drug-likeness (QED) is 0.360. The topological polar surface area (TPSA) is 54.4 Å². The number of rotatable bonds is 17. The first-order valence-corrected chi connectivity index (χ1v) is 12.3.